The summed E-state index contributed by atoms with van der Waals surface area (Å²) in [6, 6.07) is 14.5. The van der Waals surface area contributed by atoms with Crippen LogP contribution in [0.15, 0.2) is 53.6 Å². The fraction of sp³-hybridized carbons (Fsp3) is 0.440. The largest absolute Gasteiger partial charge is 0.468 e. The van der Waals surface area contributed by atoms with Crippen molar-refractivity contribution in [2.45, 2.75) is 24.9 Å². The molecule has 2 N–H and O–H groups in total. The summed E-state index contributed by atoms with van der Waals surface area (Å²) in [5.41, 5.74) is 3.00. The minimum atomic E-state index is -0.485. The quantitative estimate of drug-likeness (QED) is 0.314. The molecular weight excluding hydrogens is 421 g/mol. The van der Waals surface area contributed by atoms with Crippen molar-refractivity contribution in [3.8, 4) is 0 Å². The van der Waals surface area contributed by atoms with Gasteiger partial charge in [0.2, 0.25) is 0 Å². The summed E-state index contributed by atoms with van der Waals surface area (Å²) in [6.07, 6.45) is 3.65. The third kappa shape index (κ3) is 5.51. The normalized spacial score (nSPS) is 19.6. The molecule has 2 aliphatic heterocycles. The van der Waals surface area contributed by atoms with Gasteiger partial charge in [0.1, 0.15) is 11.9 Å². The Morgan fingerprint density at radius 1 is 1.03 bits per heavy atom. The Labute approximate surface area is 194 Å². The smallest absolute Gasteiger partial charge is 0.327 e. The maximum atomic E-state index is 13.4. The predicted octanol–water partition coefficient (Wildman–Crippen LogP) is 2.62. The van der Waals surface area contributed by atoms with Gasteiger partial charge in [0.15, 0.2) is 0 Å². The van der Waals surface area contributed by atoms with Gasteiger partial charge in [-0.15, -0.1) is 0 Å². The summed E-state index contributed by atoms with van der Waals surface area (Å²) >= 11 is 0. The van der Waals surface area contributed by atoms with Crippen LogP contribution < -0.4 is 10.7 Å². The number of carbonyl (C=O) groups is 1. The summed E-state index contributed by atoms with van der Waals surface area (Å²) < 4.78 is 18.4. The Bertz CT molecular complexity index is 934. The lowest BCUT2D eigenvalue weighted by atomic mass is 9.97. The van der Waals surface area contributed by atoms with Crippen LogP contribution >= 0.6 is 0 Å². The van der Waals surface area contributed by atoms with E-state index in [1.165, 1.54) is 24.9 Å². The number of rotatable bonds is 6. The van der Waals surface area contributed by atoms with Gasteiger partial charge in [-0.2, -0.15) is 5.10 Å². The zero-order valence-corrected chi connectivity index (χ0v) is 19.1. The van der Waals surface area contributed by atoms with Crippen molar-refractivity contribution in [2.24, 2.45) is 10.9 Å². The third-order valence-electron chi connectivity index (χ3n) is 6.79. The van der Waals surface area contributed by atoms with Crippen LogP contribution in [0.2, 0.25) is 0 Å². The second kappa shape index (κ2) is 10.8. The molecule has 2 saturated heterocycles. The molecule has 0 radical (unpaired) electrons. The minimum Gasteiger partial charge on any atom is -0.468 e. The molecule has 0 aliphatic carbocycles. The molecule has 8 heteroatoms. The maximum absolute atomic E-state index is 13.4. The van der Waals surface area contributed by atoms with Crippen molar-refractivity contribution in [3.05, 3.63) is 65.5 Å². The predicted molar refractivity (Wildman–Crippen MR) is 128 cm³/mol. The monoisotopic (exact) mass is 453 g/mol. The average Bonchev–Trinajstić information content (AvgIpc) is 2.86. The lowest BCUT2D eigenvalue weighted by Gasteiger charge is -2.44. The molecule has 33 heavy (non-hydrogen) atoms. The summed E-state index contributed by atoms with van der Waals surface area (Å²) in [5, 5.41) is 3.57. The highest BCUT2D eigenvalue weighted by molar-refractivity contribution is 5.80. The van der Waals surface area contributed by atoms with Gasteiger partial charge in [-0.05, 0) is 48.2 Å². The number of piperidine rings is 1. The number of ether oxygens (including phenoxy) is 1. The average molecular weight is 454 g/mol. The summed E-state index contributed by atoms with van der Waals surface area (Å²) in [7, 11) is 1.41. The number of piperazine rings is 1. The van der Waals surface area contributed by atoms with Crippen LogP contribution in [0, 0.1) is 5.82 Å². The molecule has 2 aromatic carbocycles. The highest BCUT2D eigenvalue weighted by Gasteiger charge is 2.34. The number of carbonyl (C=O) groups excluding carboxylic acids is 1. The van der Waals surface area contributed by atoms with E-state index in [0.29, 0.717) is 6.04 Å². The Morgan fingerprint density at radius 3 is 2.24 bits per heavy atom. The van der Waals surface area contributed by atoms with E-state index in [2.05, 4.69) is 31.9 Å². The molecule has 176 valence electrons. The van der Waals surface area contributed by atoms with Crippen molar-refractivity contribution in [3.63, 3.8) is 0 Å². The Morgan fingerprint density at radius 2 is 1.67 bits per heavy atom. The molecule has 0 spiro atoms. The van der Waals surface area contributed by atoms with Gasteiger partial charge in [0.05, 0.1) is 13.3 Å². The van der Waals surface area contributed by atoms with Crippen molar-refractivity contribution < 1.29 is 13.9 Å². The van der Waals surface area contributed by atoms with Crippen LogP contribution in [-0.4, -0.2) is 74.4 Å². The molecule has 1 unspecified atom stereocenters. The summed E-state index contributed by atoms with van der Waals surface area (Å²) in [6.45, 7) is 5.65. The van der Waals surface area contributed by atoms with Crippen molar-refractivity contribution in [1.82, 2.24) is 9.80 Å². The van der Waals surface area contributed by atoms with Crippen LogP contribution in [0.3, 0.4) is 0 Å². The highest BCUT2D eigenvalue weighted by Crippen LogP contribution is 2.28. The number of esters is 1. The van der Waals surface area contributed by atoms with E-state index in [-0.39, 0.29) is 11.8 Å². The van der Waals surface area contributed by atoms with Gasteiger partial charge in [-0.25, -0.2) is 9.18 Å². The Kier molecular flexibility index (Phi) is 7.57. The fourth-order valence-corrected chi connectivity index (χ4v) is 4.96. The van der Waals surface area contributed by atoms with Crippen LogP contribution in [0.4, 0.5) is 10.1 Å². The highest BCUT2D eigenvalue weighted by atomic mass is 19.1. The first-order valence-electron chi connectivity index (χ1n) is 11.5. The first-order valence-corrected chi connectivity index (χ1v) is 11.5. The Hall–Kier alpha value is -2.97. The molecule has 0 aromatic heterocycles. The molecular formula is C25H32FN5O2. The number of methoxy groups -OCH3 is 1. The number of benzene rings is 2. The molecule has 0 saturated carbocycles. The van der Waals surface area contributed by atoms with E-state index < -0.39 is 6.04 Å². The molecule has 2 aliphatic rings. The maximum Gasteiger partial charge on any atom is 0.327 e. The van der Waals surface area contributed by atoms with Gasteiger partial charge in [0, 0.05) is 51.0 Å². The number of nitrogens with two attached hydrogens (primary N) is 1. The van der Waals surface area contributed by atoms with E-state index in [1.807, 2.05) is 12.1 Å². The SMILES string of the molecule is COC(=O)C(c1ccc(F)cc1)N1CCC(N2CCN(c3ccc(C=NN)cc3)CC2)CC1. The van der Waals surface area contributed by atoms with Crippen molar-refractivity contribution in [2.75, 3.05) is 51.3 Å². The number of likely N-dealkylation sites (tertiary alicyclic amines) is 1. The number of hydrogen-bond acceptors (Lipinski definition) is 7. The van der Waals surface area contributed by atoms with E-state index in [0.717, 1.165) is 63.2 Å². The molecule has 2 fully saturated rings. The van der Waals surface area contributed by atoms with Gasteiger partial charge in [0.25, 0.3) is 0 Å². The number of halogens is 1. The molecule has 2 aromatic rings. The van der Waals surface area contributed by atoms with Crippen LogP contribution in [0.1, 0.15) is 30.0 Å². The minimum absolute atomic E-state index is 0.294. The second-order valence-corrected chi connectivity index (χ2v) is 8.64. The lowest BCUT2D eigenvalue weighted by molar-refractivity contribution is -0.148. The zero-order valence-electron chi connectivity index (χ0n) is 19.1. The second-order valence-electron chi connectivity index (χ2n) is 8.64. The first kappa shape index (κ1) is 23.2. The van der Waals surface area contributed by atoms with Gasteiger partial charge in [-0.1, -0.05) is 24.3 Å². The number of nitrogens with zero attached hydrogens (tertiary/aromatic N) is 4. The van der Waals surface area contributed by atoms with Crippen molar-refractivity contribution >= 4 is 17.9 Å². The van der Waals surface area contributed by atoms with Crippen LogP contribution in [0.25, 0.3) is 0 Å². The summed E-state index contributed by atoms with van der Waals surface area (Å²) in [5.74, 6) is 4.62. The number of hydrogen-bond donors (Lipinski definition) is 1. The summed E-state index contributed by atoms with van der Waals surface area (Å²) in [4.78, 5) is 19.7. The van der Waals surface area contributed by atoms with E-state index in [4.69, 9.17) is 10.6 Å². The van der Waals surface area contributed by atoms with E-state index >= 15 is 0 Å². The third-order valence-corrected chi connectivity index (χ3v) is 6.79. The number of hydrazone groups is 1. The van der Waals surface area contributed by atoms with Crippen molar-refractivity contribution in [1.29, 1.82) is 0 Å². The van der Waals surface area contributed by atoms with Gasteiger partial charge >= 0.3 is 5.97 Å². The molecule has 2 heterocycles. The van der Waals surface area contributed by atoms with Gasteiger partial charge < -0.3 is 15.5 Å². The van der Waals surface area contributed by atoms with E-state index in [9.17, 15) is 9.18 Å². The standard InChI is InChI=1S/C25H32FN5O2/c1-33-25(32)24(20-4-6-21(26)7-5-20)31-12-10-23(11-13-31)30-16-14-29(15-17-30)22-8-2-19(3-9-22)18-28-27/h2-9,18,23-24H,10-17,27H2,1H3. The Balaban J connectivity index is 1.31. The van der Waals surface area contributed by atoms with Gasteiger partial charge in [-0.3, -0.25) is 9.80 Å². The van der Waals surface area contributed by atoms with Crippen LogP contribution in [0.5, 0.6) is 0 Å². The first-order chi connectivity index (χ1) is 16.1. The molecule has 0 bridgehead atoms. The van der Waals surface area contributed by atoms with E-state index in [1.54, 1.807) is 18.3 Å². The van der Waals surface area contributed by atoms with Crippen LogP contribution in [-0.2, 0) is 9.53 Å². The molecule has 7 nitrogen and oxygen atoms in total. The number of anilines is 1. The topological polar surface area (TPSA) is 74.4 Å². The zero-order chi connectivity index (χ0) is 23.2. The molecule has 0 amide bonds. The molecule has 4 rings (SSSR count). The lowest BCUT2D eigenvalue weighted by Crippen LogP contribution is -2.54. The fourth-order valence-electron chi connectivity index (χ4n) is 4.96. The molecule has 1 atom stereocenters.